The summed E-state index contributed by atoms with van der Waals surface area (Å²) >= 11 is 0. The van der Waals surface area contributed by atoms with Crippen LogP contribution in [0, 0.1) is 24.2 Å². The van der Waals surface area contributed by atoms with Crippen molar-refractivity contribution in [3.05, 3.63) is 90.3 Å². The number of likely N-dealkylation sites (tertiary alicyclic amines) is 1. The van der Waals surface area contributed by atoms with Gasteiger partial charge >= 0.3 is 0 Å². The Morgan fingerprint density at radius 1 is 1.02 bits per heavy atom. The first-order valence-corrected chi connectivity index (χ1v) is 19.8. The number of aromatic nitrogens is 3. The molecule has 0 spiro atoms. The van der Waals surface area contributed by atoms with Gasteiger partial charge in [-0.25, -0.2) is 9.98 Å². The lowest BCUT2D eigenvalue weighted by molar-refractivity contribution is -0.117. The number of pyridine rings is 1. The molecule has 3 aliphatic heterocycles. The first kappa shape index (κ1) is 44.7. The maximum absolute atomic E-state index is 11.0. The number of hydrogen-bond donors (Lipinski definition) is 0. The molecular formula is C44H64N9OP. The number of likely N-dealkylation sites (N-methyl/N-ethyl adjacent to an activating group) is 2. The molecule has 1 aromatic carbocycles. The third kappa shape index (κ3) is 11.4. The number of allylic oxidation sites excluding steroid dienone is 4. The lowest BCUT2D eigenvalue weighted by Crippen LogP contribution is -2.31. The van der Waals surface area contributed by atoms with Crippen molar-refractivity contribution in [3.8, 4) is 12.8 Å². The zero-order chi connectivity index (χ0) is 40.7. The standard InChI is InChI=1S/C16H20N3P.C14H19N5.C10H17NO.C2H6.C2H2/c1-18(2)12-6-9-15-14(10-12)16(17-19(15)3)11-4-7-13(20)8-5-11;1-17-8-9-19(11-17)13-5-4-12(10-16-13)14-15-6-3-7-18(14)2;1-4-11-6-5-10(7-11,8-12)9(2)3;2*1-2/h4,6-7,9-10H,5,8,20H2,1-3H3;3-6,10H,7-9,11H2,1-2H3;4,8-9H,1,5-7H2,2-3H3;1-2H3;1-2H. The molecule has 0 radical (unpaired) electrons. The van der Waals surface area contributed by atoms with E-state index in [0.717, 1.165) is 87.9 Å². The molecule has 5 heterocycles. The number of amidine groups is 1. The van der Waals surface area contributed by atoms with Gasteiger partial charge in [-0.05, 0) is 80.4 Å². The molecule has 7 rings (SSSR count). The smallest absolute Gasteiger partial charge is 0.137 e. The van der Waals surface area contributed by atoms with Gasteiger partial charge in [-0.2, -0.15) is 5.10 Å². The Kier molecular flexibility index (Phi) is 17.4. The van der Waals surface area contributed by atoms with Gasteiger partial charge in [-0.1, -0.05) is 51.7 Å². The summed E-state index contributed by atoms with van der Waals surface area (Å²) in [5.74, 6) is 2.46. The van der Waals surface area contributed by atoms with Gasteiger partial charge in [0.05, 0.1) is 17.9 Å². The number of benzene rings is 1. The predicted molar refractivity (Wildman–Crippen MR) is 238 cm³/mol. The van der Waals surface area contributed by atoms with Crippen LogP contribution in [0.15, 0.2) is 84.0 Å². The number of aldehydes is 1. The molecule has 10 nitrogen and oxygen atoms in total. The highest BCUT2D eigenvalue weighted by atomic mass is 31.0. The van der Waals surface area contributed by atoms with Crippen molar-refractivity contribution >= 4 is 49.3 Å². The van der Waals surface area contributed by atoms with Gasteiger partial charge < -0.3 is 24.4 Å². The number of carbonyl (C=O) groups is 1. The maximum Gasteiger partial charge on any atom is 0.137 e. The first-order chi connectivity index (χ1) is 26.4. The van der Waals surface area contributed by atoms with Gasteiger partial charge in [0.1, 0.15) is 17.9 Å². The number of anilines is 2. The fourth-order valence-electron chi connectivity index (χ4n) is 6.79. The van der Waals surface area contributed by atoms with Crippen LogP contribution < -0.4 is 9.80 Å². The SMILES string of the molecule is C#C.C=CN1CCC(C=O)(C(C)C)C1.CC.CN(C)c1ccc2c(c1)c(C1=CC=C(P)CC1)nn2C.CN1CCN(c2ccc(C3=NC=CCN3C)cn2)C1. The highest BCUT2D eigenvalue weighted by Gasteiger charge is 2.39. The summed E-state index contributed by atoms with van der Waals surface area (Å²) < 4.78 is 1.98. The van der Waals surface area contributed by atoms with Crippen molar-refractivity contribution in [2.24, 2.45) is 23.4 Å². The fraction of sp³-hybridized carbons (Fsp3) is 0.455. The minimum absolute atomic E-state index is 0.117. The number of nitrogens with zero attached hydrogens (tertiary/aromatic N) is 9. The second-order valence-corrected chi connectivity index (χ2v) is 15.3. The van der Waals surface area contributed by atoms with E-state index in [1.807, 2.05) is 57.3 Å². The number of terminal acetylenes is 1. The van der Waals surface area contributed by atoms with E-state index in [2.05, 4.69) is 141 Å². The molecule has 3 aromatic rings. The highest BCUT2D eigenvalue weighted by Crippen LogP contribution is 2.36. The van der Waals surface area contributed by atoms with E-state index in [0.29, 0.717) is 5.92 Å². The molecule has 11 heteroatoms. The average Bonchev–Trinajstić information content (AvgIpc) is 3.95. The zero-order valence-corrected chi connectivity index (χ0v) is 35.9. The molecule has 296 valence electrons. The molecule has 0 amide bonds. The normalized spacial score (nSPS) is 19.0. The third-order valence-corrected chi connectivity index (χ3v) is 10.9. The van der Waals surface area contributed by atoms with E-state index < -0.39 is 0 Å². The van der Waals surface area contributed by atoms with Gasteiger partial charge in [0.2, 0.25) is 0 Å². The molecule has 4 aliphatic rings. The van der Waals surface area contributed by atoms with Crippen molar-refractivity contribution in [1.29, 1.82) is 0 Å². The van der Waals surface area contributed by atoms with Crippen LogP contribution in [0.5, 0.6) is 0 Å². The summed E-state index contributed by atoms with van der Waals surface area (Å²) in [4.78, 5) is 30.9. The molecule has 2 aromatic heterocycles. The minimum Gasteiger partial charge on any atom is -0.378 e. The zero-order valence-electron chi connectivity index (χ0n) is 34.7. The summed E-state index contributed by atoms with van der Waals surface area (Å²) in [6.07, 6.45) is 24.3. The van der Waals surface area contributed by atoms with Crippen LogP contribution in [-0.4, -0.2) is 109 Å². The summed E-state index contributed by atoms with van der Waals surface area (Å²) in [6.45, 7) is 17.8. The number of rotatable bonds is 7. The summed E-state index contributed by atoms with van der Waals surface area (Å²) in [7, 11) is 13.1. The number of hydrogen-bond acceptors (Lipinski definition) is 9. The van der Waals surface area contributed by atoms with E-state index in [-0.39, 0.29) is 5.41 Å². The van der Waals surface area contributed by atoms with E-state index in [1.165, 1.54) is 27.5 Å². The summed E-state index contributed by atoms with van der Waals surface area (Å²) in [5.41, 5.74) is 5.81. The number of aliphatic imine (C=N–C) groups is 1. The third-order valence-electron chi connectivity index (χ3n) is 10.4. The summed E-state index contributed by atoms with van der Waals surface area (Å²) in [5, 5.41) is 7.34. The second kappa shape index (κ2) is 21.4. The van der Waals surface area contributed by atoms with Gasteiger partial charge in [0.15, 0.2) is 0 Å². The lowest BCUT2D eigenvalue weighted by Gasteiger charge is -2.26. The van der Waals surface area contributed by atoms with Crippen LogP contribution in [0.2, 0.25) is 0 Å². The van der Waals surface area contributed by atoms with Crippen LogP contribution in [0.3, 0.4) is 0 Å². The Morgan fingerprint density at radius 2 is 1.76 bits per heavy atom. The minimum atomic E-state index is -0.117. The van der Waals surface area contributed by atoms with Crippen molar-refractivity contribution in [3.63, 3.8) is 0 Å². The Hall–Kier alpha value is -4.71. The molecule has 1 aliphatic carbocycles. The Balaban J connectivity index is 0.000000218. The first-order valence-electron chi connectivity index (χ1n) is 19.2. The van der Waals surface area contributed by atoms with Crippen molar-refractivity contribution in [1.82, 2.24) is 29.5 Å². The van der Waals surface area contributed by atoms with E-state index in [1.54, 1.807) is 0 Å². The monoisotopic (exact) mass is 765 g/mol. The van der Waals surface area contributed by atoms with Gasteiger partial charge in [-0.15, -0.1) is 22.1 Å². The van der Waals surface area contributed by atoms with Crippen LogP contribution >= 0.6 is 9.24 Å². The topological polar surface area (TPSA) is 76.3 Å². The van der Waals surface area contributed by atoms with E-state index >= 15 is 0 Å². The summed E-state index contributed by atoms with van der Waals surface area (Å²) in [6, 6.07) is 10.7. The van der Waals surface area contributed by atoms with Gasteiger partial charge in [0, 0.05) is 95.4 Å². The molecule has 2 unspecified atom stereocenters. The maximum atomic E-state index is 11.0. The largest absolute Gasteiger partial charge is 0.378 e. The predicted octanol–water partition coefficient (Wildman–Crippen LogP) is 7.52. The number of aryl methyl sites for hydroxylation is 1. The van der Waals surface area contributed by atoms with Crippen LogP contribution in [-0.2, 0) is 11.8 Å². The van der Waals surface area contributed by atoms with E-state index in [9.17, 15) is 4.79 Å². The molecule has 0 bridgehead atoms. The molecule has 55 heavy (non-hydrogen) atoms. The van der Waals surface area contributed by atoms with Crippen molar-refractivity contribution in [2.45, 2.75) is 47.0 Å². The Bertz CT molecular complexity index is 1850. The average molecular weight is 766 g/mol. The Labute approximate surface area is 333 Å². The van der Waals surface area contributed by atoms with Crippen molar-refractivity contribution in [2.75, 3.05) is 77.4 Å². The Morgan fingerprint density at radius 3 is 2.27 bits per heavy atom. The molecule has 2 atom stereocenters. The van der Waals surface area contributed by atoms with Gasteiger partial charge in [0.25, 0.3) is 0 Å². The van der Waals surface area contributed by atoms with Crippen molar-refractivity contribution < 1.29 is 4.79 Å². The molecule has 2 saturated heterocycles. The molecule has 2 fully saturated rings. The lowest BCUT2D eigenvalue weighted by atomic mass is 9.78. The molecular weight excluding hydrogens is 702 g/mol. The van der Waals surface area contributed by atoms with Gasteiger partial charge in [-0.3, -0.25) is 9.58 Å². The highest BCUT2D eigenvalue weighted by molar-refractivity contribution is 7.22. The number of carbonyl (C=O) groups excluding carboxylic acids is 1. The quantitative estimate of drug-likeness (QED) is 0.139. The molecule has 0 N–H and O–H groups in total. The van der Waals surface area contributed by atoms with Crippen LogP contribution in [0.1, 0.15) is 58.2 Å². The van der Waals surface area contributed by atoms with Crippen LogP contribution in [0.25, 0.3) is 16.5 Å². The fourth-order valence-corrected chi connectivity index (χ4v) is 7.03. The second-order valence-electron chi connectivity index (χ2n) is 14.5. The van der Waals surface area contributed by atoms with E-state index in [4.69, 9.17) is 5.10 Å². The number of fused-ring (bicyclic) bond motifs is 1. The molecule has 0 saturated carbocycles. The van der Waals surface area contributed by atoms with Crippen LogP contribution in [0.4, 0.5) is 11.5 Å².